The summed E-state index contributed by atoms with van der Waals surface area (Å²) >= 11 is 0. The van der Waals surface area contributed by atoms with E-state index in [0.717, 1.165) is 19.3 Å². The Balaban J connectivity index is 2.36. The van der Waals surface area contributed by atoms with Gasteiger partial charge in [-0.05, 0) is 26.2 Å². The number of hydrogen-bond acceptors (Lipinski definition) is 1. The van der Waals surface area contributed by atoms with E-state index in [9.17, 15) is 4.79 Å². The van der Waals surface area contributed by atoms with Gasteiger partial charge in [-0.2, -0.15) is 0 Å². The van der Waals surface area contributed by atoms with E-state index in [-0.39, 0.29) is 6.03 Å². The van der Waals surface area contributed by atoms with Gasteiger partial charge in [0.1, 0.15) is 0 Å². The second-order valence-corrected chi connectivity index (χ2v) is 3.70. The fourth-order valence-corrected chi connectivity index (χ4v) is 0.926. The predicted octanol–water partition coefficient (Wildman–Crippen LogP) is 1.25. The molecule has 0 aliphatic heterocycles. The summed E-state index contributed by atoms with van der Waals surface area (Å²) in [5, 5.41) is 5.61. The standard InChI is InChI=1S/C10H16N2O/c1-4-10(3,5-2)12-9(13)11-8-6-7-8/h1,8H,5-7H2,2-3H3,(H2,11,12,13). The number of nitrogens with one attached hydrogen (secondary N) is 2. The van der Waals surface area contributed by atoms with Crippen LogP contribution in [0.15, 0.2) is 0 Å². The molecule has 1 atom stereocenters. The first kappa shape index (κ1) is 9.91. The van der Waals surface area contributed by atoms with Gasteiger partial charge >= 0.3 is 6.03 Å². The van der Waals surface area contributed by atoms with Crippen molar-refractivity contribution in [1.82, 2.24) is 10.6 Å². The molecule has 0 bridgehead atoms. The van der Waals surface area contributed by atoms with E-state index in [2.05, 4.69) is 16.6 Å². The van der Waals surface area contributed by atoms with Crippen LogP contribution in [0.3, 0.4) is 0 Å². The Hall–Kier alpha value is -1.17. The Kier molecular flexibility index (Phi) is 2.82. The summed E-state index contributed by atoms with van der Waals surface area (Å²) in [6, 6.07) is 0.226. The van der Waals surface area contributed by atoms with Crippen molar-refractivity contribution in [1.29, 1.82) is 0 Å². The van der Waals surface area contributed by atoms with E-state index in [1.807, 2.05) is 13.8 Å². The molecule has 2 amide bonds. The monoisotopic (exact) mass is 180 g/mol. The summed E-state index contributed by atoms with van der Waals surface area (Å²) in [5.74, 6) is 2.58. The van der Waals surface area contributed by atoms with Crippen LogP contribution in [0.5, 0.6) is 0 Å². The van der Waals surface area contributed by atoms with Crippen LogP contribution in [0.4, 0.5) is 4.79 Å². The van der Waals surface area contributed by atoms with Crippen molar-refractivity contribution in [2.45, 2.75) is 44.7 Å². The average Bonchev–Trinajstić information content (AvgIpc) is 2.88. The zero-order valence-corrected chi connectivity index (χ0v) is 8.18. The number of urea groups is 1. The van der Waals surface area contributed by atoms with Gasteiger partial charge in [0.05, 0.1) is 5.54 Å². The molecule has 0 aromatic heterocycles. The topological polar surface area (TPSA) is 41.1 Å². The van der Waals surface area contributed by atoms with Crippen molar-refractivity contribution in [3.8, 4) is 12.3 Å². The first-order valence-corrected chi connectivity index (χ1v) is 4.66. The highest BCUT2D eigenvalue weighted by Crippen LogP contribution is 2.18. The lowest BCUT2D eigenvalue weighted by Gasteiger charge is -2.23. The molecule has 0 aromatic carbocycles. The van der Waals surface area contributed by atoms with E-state index < -0.39 is 5.54 Å². The lowest BCUT2D eigenvalue weighted by atomic mass is 10.0. The molecule has 1 rings (SSSR count). The molecule has 3 heteroatoms. The molecule has 0 aromatic rings. The number of carbonyl (C=O) groups is 1. The van der Waals surface area contributed by atoms with E-state index in [0.29, 0.717) is 6.04 Å². The van der Waals surface area contributed by atoms with Crippen molar-refractivity contribution < 1.29 is 4.79 Å². The Morgan fingerprint density at radius 1 is 1.69 bits per heavy atom. The van der Waals surface area contributed by atoms with Crippen LogP contribution >= 0.6 is 0 Å². The number of hydrogen-bond donors (Lipinski definition) is 2. The lowest BCUT2D eigenvalue weighted by Crippen LogP contribution is -2.49. The third-order valence-corrected chi connectivity index (χ3v) is 2.33. The van der Waals surface area contributed by atoms with Gasteiger partial charge in [0.2, 0.25) is 0 Å². The number of terminal acetylenes is 1. The molecular formula is C10H16N2O. The minimum absolute atomic E-state index is 0.148. The Labute approximate surface area is 79.3 Å². The highest BCUT2D eigenvalue weighted by Gasteiger charge is 2.26. The van der Waals surface area contributed by atoms with Gasteiger partial charge in [-0.25, -0.2) is 4.79 Å². The summed E-state index contributed by atoms with van der Waals surface area (Å²) in [4.78, 5) is 11.3. The molecule has 1 aliphatic rings. The fourth-order valence-electron chi connectivity index (χ4n) is 0.926. The molecule has 1 saturated carbocycles. The highest BCUT2D eigenvalue weighted by molar-refractivity contribution is 5.76. The summed E-state index contributed by atoms with van der Waals surface area (Å²) in [6.45, 7) is 3.80. The maximum atomic E-state index is 11.3. The zero-order chi connectivity index (χ0) is 9.90. The van der Waals surface area contributed by atoms with Crippen LogP contribution in [0.1, 0.15) is 33.1 Å². The molecule has 1 fully saturated rings. The summed E-state index contributed by atoms with van der Waals surface area (Å²) < 4.78 is 0. The van der Waals surface area contributed by atoms with Gasteiger partial charge in [-0.15, -0.1) is 6.42 Å². The first-order valence-electron chi connectivity index (χ1n) is 4.66. The fraction of sp³-hybridized carbons (Fsp3) is 0.700. The van der Waals surface area contributed by atoms with E-state index in [1.54, 1.807) is 0 Å². The first-order chi connectivity index (χ1) is 6.09. The maximum absolute atomic E-state index is 11.3. The molecule has 0 radical (unpaired) electrons. The number of carbonyl (C=O) groups excluding carboxylic acids is 1. The second-order valence-electron chi connectivity index (χ2n) is 3.70. The Morgan fingerprint density at radius 3 is 2.69 bits per heavy atom. The van der Waals surface area contributed by atoms with Crippen LogP contribution in [0, 0.1) is 12.3 Å². The van der Waals surface area contributed by atoms with Crippen molar-refractivity contribution in [2.24, 2.45) is 0 Å². The quantitative estimate of drug-likeness (QED) is 0.630. The third kappa shape index (κ3) is 2.98. The molecule has 72 valence electrons. The van der Waals surface area contributed by atoms with Crippen LogP contribution in [-0.2, 0) is 0 Å². The number of rotatable bonds is 3. The average molecular weight is 180 g/mol. The van der Waals surface area contributed by atoms with E-state index in [4.69, 9.17) is 6.42 Å². The smallest absolute Gasteiger partial charge is 0.316 e. The summed E-state index contributed by atoms with van der Waals surface area (Å²) in [6.07, 6.45) is 8.24. The van der Waals surface area contributed by atoms with Crippen molar-refractivity contribution in [2.75, 3.05) is 0 Å². The summed E-state index contributed by atoms with van der Waals surface area (Å²) in [5.41, 5.74) is -0.515. The molecular weight excluding hydrogens is 164 g/mol. The van der Waals surface area contributed by atoms with Crippen molar-refractivity contribution in [3.63, 3.8) is 0 Å². The highest BCUT2D eigenvalue weighted by atomic mass is 16.2. The lowest BCUT2D eigenvalue weighted by molar-refractivity contribution is 0.233. The van der Waals surface area contributed by atoms with Crippen molar-refractivity contribution in [3.05, 3.63) is 0 Å². The SMILES string of the molecule is C#CC(C)(CC)NC(=O)NC1CC1. The van der Waals surface area contributed by atoms with Gasteiger partial charge in [0, 0.05) is 6.04 Å². The van der Waals surface area contributed by atoms with E-state index >= 15 is 0 Å². The van der Waals surface area contributed by atoms with Gasteiger partial charge in [-0.1, -0.05) is 12.8 Å². The molecule has 2 N–H and O–H groups in total. The second kappa shape index (κ2) is 3.69. The molecule has 1 unspecified atom stereocenters. The number of amides is 2. The molecule has 0 spiro atoms. The minimum Gasteiger partial charge on any atom is -0.335 e. The predicted molar refractivity (Wildman–Crippen MR) is 52.2 cm³/mol. The van der Waals surface area contributed by atoms with Crippen LogP contribution in [0.2, 0.25) is 0 Å². The molecule has 1 aliphatic carbocycles. The Bertz CT molecular complexity index is 240. The molecule has 13 heavy (non-hydrogen) atoms. The van der Waals surface area contributed by atoms with Crippen LogP contribution in [0.25, 0.3) is 0 Å². The summed E-state index contributed by atoms with van der Waals surface area (Å²) in [7, 11) is 0. The molecule has 0 heterocycles. The van der Waals surface area contributed by atoms with Crippen LogP contribution < -0.4 is 10.6 Å². The molecule has 0 saturated heterocycles. The van der Waals surface area contributed by atoms with Gasteiger partial charge < -0.3 is 10.6 Å². The van der Waals surface area contributed by atoms with Gasteiger partial charge in [0.25, 0.3) is 0 Å². The normalized spacial score (nSPS) is 19.8. The van der Waals surface area contributed by atoms with Crippen LogP contribution in [-0.4, -0.2) is 17.6 Å². The Morgan fingerprint density at radius 2 is 2.31 bits per heavy atom. The van der Waals surface area contributed by atoms with E-state index in [1.165, 1.54) is 0 Å². The largest absolute Gasteiger partial charge is 0.335 e. The minimum atomic E-state index is -0.515. The molecule has 3 nitrogen and oxygen atoms in total. The van der Waals surface area contributed by atoms with Crippen molar-refractivity contribution >= 4 is 6.03 Å². The third-order valence-electron chi connectivity index (χ3n) is 2.33. The van der Waals surface area contributed by atoms with Gasteiger partial charge in [-0.3, -0.25) is 0 Å². The zero-order valence-electron chi connectivity index (χ0n) is 8.18. The van der Waals surface area contributed by atoms with Gasteiger partial charge in [0.15, 0.2) is 0 Å². The maximum Gasteiger partial charge on any atom is 0.316 e.